The van der Waals surface area contributed by atoms with Crippen molar-refractivity contribution in [2.45, 2.75) is 44.1 Å². The highest BCUT2D eigenvalue weighted by Gasteiger charge is 2.36. The number of carboxylic acids is 1. The summed E-state index contributed by atoms with van der Waals surface area (Å²) in [7, 11) is 0. The van der Waals surface area contributed by atoms with Crippen LogP contribution in [0.1, 0.15) is 48.9 Å². The van der Waals surface area contributed by atoms with Crippen molar-refractivity contribution in [3.63, 3.8) is 0 Å². The number of amides is 1. The van der Waals surface area contributed by atoms with Crippen LogP contribution in [0, 0.1) is 0 Å². The molecule has 0 atom stereocenters. The number of benzene rings is 1. The highest BCUT2D eigenvalue weighted by Crippen LogP contribution is 2.34. The van der Waals surface area contributed by atoms with Crippen LogP contribution in [0.2, 0.25) is 0 Å². The maximum atomic E-state index is 13.3. The molecule has 9 nitrogen and oxygen atoms in total. The average Bonchev–Trinajstić information content (AvgIpc) is 3.60. The van der Waals surface area contributed by atoms with E-state index in [1.54, 1.807) is 22.7 Å². The van der Waals surface area contributed by atoms with Crippen molar-refractivity contribution in [2.75, 3.05) is 5.32 Å². The number of carbonyl (C=O) groups excluding carboxylic acids is 1. The molecule has 0 bridgehead atoms. The molecule has 174 valence electrons. The standard InChI is InChI=1S/C24H24N6O3S/c31-19(32)9-12-24(10-1-2-11-24)27-22(33)18-4-3-14-30-20(28-29-21(18)30)16-5-7-17(8-6-16)26-23-25-13-15-34-23/h3-8,13-15H,1-2,9-12H2,(H,25,26)(H,27,33)(H,31,32). The van der Waals surface area contributed by atoms with Gasteiger partial charge >= 0.3 is 5.97 Å². The number of aliphatic carboxylic acids is 1. The number of fused-ring (bicyclic) bond motifs is 1. The van der Waals surface area contributed by atoms with Crippen LogP contribution in [-0.4, -0.2) is 42.1 Å². The summed E-state index contributed by atoms with van der Waals surface area (Å²) in [6.45, 7) is 0. The fraction of sp³-hybridized carbons (Fsp3) is 0.292. The Morgan fingerprint density at radius 3 is 2.62 bits per heavy atom. The van der Waals surface area contributed by atoms with E-state index in [0.717, 1.165) is 42.1 Å². The van der Waals surface area contributed by atoms with Crippen LogP contribution in [0.4, 0.5) is 10.8 Å². The molecule has 0 saturated heterocycles. The first-order valence-electron chi connectivity index (χ1n) is 11.2. The van der Waals surface area contributed by atoms with Crippen LogP contribution in [0.3, 0.4) is 0 Å². The molecule has 1 fully saturated rings. The molecule has 1 amide bonds. The summed E-state index contributed by atoms with van der Waals surface area (Å²) in [6.07, 6.45) is 7.57. The molecule has 0 aliphatic heterocycles. The lowest BCUT2D eigenvalue weighted by Gasteiger charge is -2.30. The fourth-order valence-corrected chi connectivity index (χ4v) is 5.09. The van der Waals surface area contributed by atoms with E-state index in [-0.39, 0.29) is 12.3 Å². The van der Waals surface area contributed by atoms with Gasteiger partial charge in [-0.15, -0.1) is 21.5 Å². The van der Waals surface area contributed by atoms with E-state index in [0.29, 0.717) is 23.5 Å². The lowest BCUT2D eigenvalue weighted by Crippen LogP contribution is -2.46. The van der Waals surface area contributed by atoms with Gasteiger partial charge in [0, 0.05) is 41.0 Å². The van der Waals surface area contributed by atoms with Crippen molar-refractivity contribution in [2.24, 2.45) is 0 Å². The second-order valence-electron chi connectivity index (χ2n) is 8.51. The van der Waals surface area contributed by atoms with Crippen LogP contribution in [0.5, 0.6) is 0 Å². The van der Waals surface area contributed by atoms with Gasteiger partial charge in [-0.2, -0.15) is 0 Å². The van der Waals surface area contributed by atoms with Gasteiger partial charge in [-0.25, -0.2) is 4.98 Å². The Labute approximate surface area is 199 Å². The molecule has 1 aliphatic rings. The molecule has 1 aliphatic carbocycles. The van der Waals surface area contributed by atoms with Gasteiger partial charge < -0.3 is 15.7 Å². The summed E-state index contributed by atoms with van der Waals surface area (Å²) in [5.41, 5.74) is 2.18. The molecule has 0 spiro atoms. The van der Waals surface area contributed by atoms with E-state index >= 15 is 0 Å². The normalized spacial score (nSPS) is 14.8. The highest BCUT2D eigenvalue weighted by atomic mass is 32.1. The van der Waals surface area contributed by atoms with Crippen molar-refractivity contribution in [1.29, 1.82) is 0 Å². The third kappa shape index (κ3) is 4.49. The Kier molecular flexibility index (Phi) is 5.97. The zero-order chi connectivity index (χ0) is 23.5. The molecule has 3 aromatic heterocycles. The molecular weight excluding hydrogens is 452 g/mol. The van der Waals surface area contributed by atoms with Crippen LogP contribution in [-0.2, 0) is 4.79 Å². The zero-order valence-electron chi connectivity index (χ0n) is 18.4. The Morgan fingerprint density at radius 1 is 1.12 bits per heavy atom. The first kappa shape index (κ1) is 22.0. The second kappa shape index (κ2) is 9.22. The van der Waals surface area contributed by atoms with Crippen LogP contribution < -0.4 is 10.6 Å². The number of hydrogen-bond acceptors (Lipinski definition) is 7. The van der Waals surface area contributed by atoms with E-state index in [4.69, 9.17) is 5.11 Å². The number of anilines is 2. The predicted octanol–water partition coefficient (Wildman–Crippen LogP) is 4.50. The second-order valence-corrected chi connectivity index (χ2v) is 9.41. The summed E-state index contributed by atoms with van der Waals surface area (Å²) >= 11 is 1.53. The number of nitrogens with one attached hydrogen (secondary N) is 2. The maximum absolute atomic E-state index is 13.3. The number of pyridine rings is 1. The molecule has 10 heteroatoms. The van der Waals surface area contributed by atoms with Gasteiger partial charge in [0.25, 0.3) is 5.91 Å². The zero-order valence-corrected chi connectivity index (χ0v) is 19.2. The Bertz CT molecular complexity index is 1310. The summed E-state index contributed by atoms with van der Waals surface area (Å²) < 4.78 is 1.80. The number of carbonyl (C=O) groups is 2. The Hall–Kier alpha value is -3.79. The number of thiazole rings is 1. The minimum atomic E-state index is -0.849. The topological polar surface area (TPSA) is 122 Å². The Balaban J connectivity index is 1.39. The smallest absolute Gasteiger partial charge is 0.303 e. The largest absolute Gasteiger partial charge is 0.481 e. The molecule has 5 rings (SSSR count). The van der Waals surface area contributed by atoms with Gasteiger partial charge in [-0.05, 0) is 55.7 Å². The maximum Gasteiger partial charge on any atom is 0.303 e. The van der Waals surface area contributed by atoms with Gasteiger partial charge in [-0.1, -0.05) is 12.8 Å². The lowest BCUT2D eigenvalue weighted by atomic mass is 9.91. The van der Waals surface area contributed by atoms with Crippen LogP contribution >= 0.6 is 11.3 Å². The minimum Gasteiger partial charge on any atom is -0.481 e. The van der Waals surface area contributed by atoms with Crippen LogP contribution in [0.15, 0.2) is 54.2 Å². The monoisotopic (exact) mass is 476 g/mol. The predicted molar refractivity (Wildman–Crippen MR) is 129 cm³/mol. The SMILES string of the molecule is O=C(O)CCC1(NC(=O)c2cccn3c(-c4ccc(Nc5nccs5)cc4)nnc23)CCCC1. The van der Waals surface area contributed by atoms with Crippen molar-refractivity contribution in [3.05, 3.63) is 59.7 Å². The van der Waals surface area contributed by atoms with Gasteiger partial charge in [0.15, 0.2) is 16.6 Å². The number of aromatic nitrogens is 4. The number of rotatable bonds is 8. The summed E-state index contributed by atoms with van der Waals surface area (Å²) in [4.78, 5) is 28.6. The molecule has 1 aromatic carbocycles. The molecule has 3 heterocycles. The third-order valence-corrected chi connectivity index (χ3v) is 6.95. The van der Waals surface area contributed by atoms with Crippen molar-refractivity contribution in [3.8, 4) is 11.4 Å². The van der Waals surface area contributed by atoms with Gasteiger partial charge in [0.05, 0.1) is 5.56 Å². The molecule has 1 saturated carbocycles. The van der Waals surface area contributed by atoms with E-state index in [1.807, 2.05) is 35.8 Å². The number of hydrogen-bond donors (Lipinski definition) is 3. The van der Waals surface area contributed by atoms with Crippen molar-refractivity contribution < 1.29 is 14.7 Å². The van der Waals surface area contributed by atoms with Crippen LogP contribution in [0.25, 0.3) is 17.0 Å². The number of nitrogens with zero attached hydrogens (tertiary/aromatic N) is 4. The minimum absolute atomic E-state index is 0.0347. The summed E-state index contributed by atoms with van der Waals surface area (Å²) in [5.74, 6) is -0.468. The quantitative estimate of drug-likeness (QED) is 0.342. The lowest BCUT2D eigenvalue weighted by molar-refractivity contribution is -0.137. The highest BCUT2D eigenvalue weighted by molar-refractivity contribution is 7.13. The average molecular weight is 477 g/mol. The van der Waals surface area contributed by atoms with Gasteiger partial charge in [0.2, 0.25) is 0 Å². The molecular formula is C24H24N6O3S. The molecule has 4 aromatic rings. The van der Waals surface area contributed by atoms with Crippen molar-refractivity contribution >= 4 is 39.7 Å². The van der Waals surface area contributed by atoms with Gasteiger partial charge in [-0.3, -0.25) is 14.0 Å². The number of carboxylic acid groups (broad SMARTS) is 1. The summed E-state index contributed by atoms with van der Waals surface area (Å²) in [5, 5.41) is 26.9. The van der Waals surface area contributed by atoms with E-state index in [9.17, 15) is 9.59 Å². The third-order valence-electron chi connectivity index (χ3n) is 6.26. The first-order chi connectivity index (χ1) is 16.5. The van der Waals surface area contributed by atoms with E-state index < -0.39 is 11.5 Å². The van der Waals surface area contributed by atoms with Crippen molar-refractivity contribution in [1.82, 2.24) is 24.9 Å². The Morgan fingerprint density at radius 2 is 1.91 bits per heavy atom. The van der Waals surface area contributed by atoms with E-state index in [1.165, 1.54) is 11.3 Å². The molecule has 0 radical (unpaired) electrons. The van der Waals surface area contributed by atoms with E-state index in [2.05, 4.69) is 25.8 Å². The first-order valence-corrected chi connectivity index (χ1v) is 12.1. The fourth-order valence-electron chi connectivity index (χ4n) is 4.55. The molecule has 3 N–H and O–H groups in total. The summed E-state index contributed by atoms with van der Waals surface area (Å²) in [6, 6.07) is 11.3. The van der Waals surface area contributed by atoms with Gasteiger partial charge in [0.1, 0.15) is 0 Å². The molecule has 0 unspecified atom stereocenters. The molecule has 34 heavy (non-hydrogen) atoms.